The van der Waals surface area contributed by atoms with Crippen molar-refractivity contribution in [2.45, 2.75) is 31.4 Å². The van der Waals surface area contributed by atoms with E-state index < -0.39 is 0 Å². The second kappa shape index (κ2) is 5.98. The van der Waals surface area contributed by atoms with E-state index in [9.17, 15) is 0 Å². The van der Waals surface area contributed by atoms with Crippen molar-refractivity contribution < 1.29 is 4.74 Å². The fourth-order valence-electron chi connectivity index (χ4n) is 3.15. The van der Waals surface area contributed by atoms with Crippen LogP contribution in [0.2, 0.25) is 0 Å². The Kier molecular flexibility index (Phi) is 4.06. The maximum atomic E-state index is 5.92. The lowest BCUT2D eigenvalue weighted by Crippen LogP contribution is -2.44. The highest BCUT2D eigenvalue weighted by atomic mass is 16.5. The van der Waals surface area contributed by atoms with E-state index in [4.69, 9.17) is 10.6 Å². The third-order valence-corrected chi connectivity index (χ3v) is 4.38. The maximum absolute atomic E-state index is 5.92. The standard InChI is InChI=1S/C18H22N2O/c1-18(12-5-13-21-18)17(20-19)16-10-8-15(9-11-16)14-6-3-2-4-7-14/h2-4,6-11,17,20H,5,12-13,19H2,1H3. The minimum absolute atomic E-state index is 0.0184. The first kappa shape index (κ1) is 14.3. The molecule has 0 spiro atoms. The maximum Gasteiger partial charge on any atom is 0.0862 e. The molecule has 0 saturated carbocycles. The smallest absolute Gasteiger partial charge is 0.0862 e. The molecule has 1 aliphatic rings. The van der Waals surface area contributed by atoms with Gasteiger partial charge < -0.3 is 4.74 Å². The quantitative estimate of drug-likeness (QED) is 0.667. The molecule has 21 heavy (non-hydrogen) atoms. The number of ether oxygens (including phenoxy) is 1. The van der Waals surface area contributed by atoms with Gasteiger partial charge in [-0.15, -0.1) is 0 Å². The Labute approximate surface area is 126 Å². The molecule has 0 radical (unpaired) electrons. The van der Waals surface area contributed by atoms with Crippen LogP contribution in [0.25, 0.3) is 11.1 Å². The molecule has 2 atom stereocenters. The van der Waals surface area contributed by atoms with E-state index in [2.05, 4.69) is 60.9 Å². The number of rotatable bonds is 4. The van der Waals surface area contributed by atoms with E-state index >= 15 is 0 Å². The minimum Gasteiger partial charge on any atom is -0.373 e. The van der Waals surface area contributed by atoms with Gasteiger partial charge in [0.05, 0.1) is 11.6 Å². The molecule has 3 N–H and O–H groups in total. The Morgan fingerprint density at radius 1 is 1.05 bits per heavy atom. The first-order valence-electron chi connectivity index (χ1n) is 7.48. The lowest BCUT2D eigenvalue weighted by atomic mass is 9.87. The third-order valence-electron chi connectivity index (χ3n) is 4.38. The molecule has 2 unspecified atom stereocenters. The van der Waals surface area contributed by atoms with Crippen molar-refractivity contribution in [2.24, 2.45) is 5.84 Å². The van der Waals surface area contributed by atoms with Gasteiger partial charge in [-0.3, -0.25) is 11.3 Å². The molecule has 110 valence electrons. The zero-order valence-corrected chi connectivity index (χ0v) is 12.4. The van der Waals surface area contributed by atoms with Crippen molar-refractivity contribution in [3.63, 3.8) is 0 Å². The molecule has 3 rings (SSSR count). The lowest BCUT2D eigenvalue weighted by molar-refractivity contribution is -0.0125. The Morgan fingerprint density at radius 3 is 2.29 bits per heavy atom. The zero-order chi connectivity index (χ0) is 14.7. The fourth-order valence-corrected chi connectivity index (χ4v) is 3.15. The predicted molar refractivity (Wildman–Crippen MR) is 85.5 cm³/mol. The summed E-state index contributed by atoms with van der Waals surface area (Å²) < 4.78 is 5.92. The van der Waals surface area contributed by atoms with Gasteiger partial charge in [0.25, 0.3) is 0 Å². The summed E-state index contributed by atoms with van der Waals surface area (Å²) in [6.07, 6.45) is 2.12. The summed E-state index contributed by atoms with van der Waals surface area (Å²) in [5.74, 6) is 5.79. The van der Waals surface area contributed by atoms with E-state index in [0.717, 1.165) is 19.4 Å². The SMILES string of the molecule is CC1(C(NN)c2ccc(-c3ccccc3)cc2)CCCO1. The van der Waals surface area contributed by atoms with Crippen LogP contribution in [0.3, 0.4) is 0 Å². The zero-order valence-electron chi connectivity index (χ0n) is 12.4. The summed E-state index contributed by atoms with van der Waals surface area (Å²) in [6.45, 7) is 2.95. The molecule has 3 nitrogen and oxygen atoms in total. The van der Waals surface area contributed by atoms with Crippen LogP contribution >= 0.6 is 0 Å². The molecule has 1 aliphatic heterocycles. The minimum atomic E-state index is -0.219. The van der Waals surface area contributed by atoms with Gasteiger partial charge >= 0.3 is 0 Å². The summed E-state index contributed by atoms with van der Waals surface area (Å²) in [6, 6.07) is 19.0. The molecular formula is C18H22N2O. The lowest BCUT2D eigenvalue weighted by Gasteiger charge is -2.33. The van der Waals surface area contributed by atoms with Gasteiger partial charge in [-0.1, -0.05) is 54.6 Å². The molecule has 1 saturated heterocycles. The van der Waals surface area contributed by atoms with Crippen LogP contribution in [0.5, 0.6) is 0 Å². The molecule has 3 heteroatoms. The highest BCUT2D eigenvalue weighted by Crippen LogP contribution is 2.37. The number of nitrogens with one attached hydrogen (secondary N) is 1. The molecule has 1 fully saturated rings. The molecule has 2 aromatic carbocycles. The van der Waals surface area contributed by atoms with Crippen LogP contribution in [0, 0.1) is 0 Å². The second-order valence-corrected chi connectivity index (χ2v) is 5.85. The molecule has 0 amide bonds. The normalized spacial score (nSPS) is 23.1. The average Bonchev–Trinajstić information content (AvgIpc) is 2.97. The van der Waals surface area contributed by atoms with Crippen molar-refractivity contribution in [1.82, 2.24) is 5.43 Å². The summed E-state index contributed by atoms with van der Waals surface area (Å²) >= 11 is 0. The van der Waals surface area contributed by atoms with Crippen LogP contribution in [0.4, 0.5) is 0 Å². The molecule has 0 aliphatic carbocycles. The Hall–Kier alpha value is -1.68. The summed E-state index contributed by atoms with van der Waals surface area (Å²) in [4.78, 5) is 0. The van der Waals surface area contributed by atoms with E-state index in [1.165, 1.54) is 16.7 Å². The van der Waals surface area contributed by atoms with Crippen LogP contribution in [0.15, 0.2) is 54.6 Å². The Bertz CT molecular complexity index is 574. The van der Waals surface area contributed by atoms with Gasteiger partial charge in [-0.2, -0.15) is 0 Å². The topological polar surface area (TPSA) is 47.3 Å². The van der Waals surface area contributed by atoms with Crippen molar-refractivity contribution in [2.75, 3.05) is 6.61 Å². The first-order chi connectivity index (χ1) is 10.2. The van der Waals surface area contributed by atoms with Crippen molar-refractivity contribution in [1.29, 1.82) is 0 Å². The first-order valence-corrected chi connectivity index (χ1v) is 7.48. The van der Waals surface area contributed by atoms with Gasteiger partial charge in [0, 0.05) is 6.61 Å². The van der Waals surface area contributed by atoms with Crippen LogP contribution in [-0.2, 0) is 4.74 Å². The monoisotopic (exact) mass is 282 g/mol. The van der Waals surface area contributed by atoms with Crippen molar-refractivity contribution in [3.8, 4) is 11.1 Å². The van der Waals surface area contributed by atoms with E-state index in [1.807, 2.05) is 6.07 Å². The highest BCUT2D eigenvalue weighted by molar-refractivity contribution is 5.63. The fraction of sp³-hybridized carbons (Fsp3) is 0.333. The van der Waals surface area contributed by atoms with Gasteiger partial charge in [0.1, 0.15) is 0 Å². The Balaban J connectivity index is 1.86. The third kappa shape index (κ3) is 2.86. The number of hydrazine groups is 1. The largest absolute Gasteiger partial charge is 0.373 e. The van der Waals surface area contributed by atoms with Crippen molar-refractivity contribution >= 4 is 0 Å². The molecule has 2 aromatic rings. The van der Waals surface area contributed by atoms with Crippen LogP contribution in [-0.4, -0.2) is 12.2 Å². The van der Waals surface area contributed by atoms with Crippen LogP contribution in [0.1, 0.15) is 31.4 Å². The number of hydrogen-bond donors (Lipinski definition) is 2. The van der Waals surface area contributed by atoms with Gasteiger partial charge in [0.2, 0.25) is 0 Å². The average molecular weight is 282 g/mol. The highest BCUT2D eigenvalue weighted by Gasteiger charge is 2.38. The van der Waals surface area contributed by atoms with Crippen LogP contribution < -0.4 is 11.3 Å². The predicted octanol–water partition coefficient (Wildman–Crippen LogP) is 3.43. The van der Waals surface area contributed by atoms with E-state index in [1.54, 1.807) is 0 Å². The summed E-state index contributed by atoms with van der Waals surface area (Å²) in [5.41, 5.74) is 6.33. The molecule has 0 bridgehead atoms. The summed E-state index contributed by atoms with van der Waals surface area (Å²) in [5, 5.41) is 0. The van der Waals surface area contributed by atoms with E-state index in [-0.39, 0.29) is 11.6 Å². The number of hydrogen-bond acceptors (Lipinski definition) is 3. The molecular weight excluding hydrogens is 260 g/mol. The Morgan fingerprint density at radius 2 is 1.71 bits per heavy atom. The molecule has 1 heterocycles. The van der Waals surface area contributed by atoms with E-state index in [0.29, 0.717) is 0 Å². The second-order valence-electron chi connectivity index (χ2n) is 5.85. The van der Waals surface area contributed by atoms with Gasteiger partial charge in [-0.05, 0) is 36.5 Å². The number of benzene rings is 2. The summed E-state index contributed by atoms with van der Waals surface area (Å²) in [7, 11) is 0. The number of nitrogens with two attached hydrogens (primary N) is 1. The van der Waals surface area contributed by atoms with Crippen molar-refractivity contribution in [3.05, 3.63) is 60.2 Å². The van der Waals surface area contributed by atoms with Gasteiger partial charge in [0.15, 0.2) is 0 Å². The molecule has 0 aromatic heterocycles. The van der Waals surface area contributed by atoms with Gasteiger partial charge in [-0.25, -0.2) is 0 Å².